The van der Waals surface area contributed by atoms with Crippen LogP contribution in [0.5, 0.6) is 0 Å². The summed E-state index contributed by atoms with van der Waals surface area (Å²) in [7, 11) is 0. The van der Waals surface area contributed by atoms with Crippen molar-refractivity contribution in [3.63, 3.8) is 0 Å². The predicted octanol–water partition coefficient (Wildman–Crippen LogP) is 3.69. The summed E-state index contributed by atoms with van der Waals surface area (Å²) in [5.74, 6) is -0.847. The van der Waals surface area contributed by atoms with Crippen molar-refractivity contribution in [3.8, 4) is 0 Å². The Kier molecular flexibility index (Phi) is 2.95. The summed E-state index contributed by atoms with van der Waals surface area (Å²) >= 11 is 2.81. The van der Waals surface area contributed by atoms with Gasteiger partial charge in [0.1, 0.15) is 5.82 Å². The molecular weight excluding hydrogens is 252 g/mol. The number of alkyl halides is 3. The maximum atomic E-state index is 13.0. The van der Waals surface area contributed by atoms with E-state index in [9.17, 15) is 17.6 Å². The largest absolute Gasteiger partial charge is 0.393 e. The Balaban J connectivity index is 2.96. The summed E-state index contributed by atoms with van der Waals surface area (Å²) in [6.45, 7) is 0. The van der Waals surface area contributed by atoms with Gasteiger partial charge < -0.3 is 0 Å². The molecule has 0 bridgehead atoms. The molecule has 0 unspecified atom stereocenters. The Hall–Kier alpha value is -0.580. The Labute approximate surface area is 80.7 Å². The highest BCUT2D eigenvalue weighted by Crippen LogP contribution is 2.26. The Bertz CT molecular complexity index is 306. The third-order valence-corrected chi connectivity index (χ3v) is 2.03. The first-order valence-corrected chi connectivity index (χ1v) is 4.19. The van der Waals surface area contributed by atoms with Crippen molar-refractivity contribution in [1.29, 1.82) is 0 Å². The predicted molar refractivity (Wildman–Crippen MR) is 43.9 cm³/mol. The van der Waals surface area contributed by atoms with Crippen molar-refractivity contribution in [2.24, 2.45) is 0 Å². The minimum absolute atomic E-state index is 0.0502. The lowest BCUT2D eigenvalue weighted by Crippen LogP contribution is -2.12. The quantitative estimate of drug-likeness (QED) is 0.673. The fraction of sp³-hybridized carbons (Fsp3) is 0.250. The highest BCUT2D eigenvalue weighted by atomic mass is 79.9. The number of rotatable bonds is 1. The molecule has 1 rings (SSSR count). The van der Waals surface area contributed by atoms with Gasteiger partial charge in [-0.25, -0.2) is 4.39 Å². The fourth-order valence-corrected chi connectivity index (χ4v) is 1.31. The van der Waals surface area contributed by atoms with Crippen LogP contribution in [0.1, 0.15) is 5.56 Å². The van der Waals surface area contributed by atoms with Gasteiger partial charge in [-0.15, -0.1) is 0 Å². The van der Waals surface area contributed by atoms with Crippen molar-refractivity contribution in [2.45, 2.75) is 12.6 Å². The van der Waals surface area contributed by atoms with Gasteiger partial charge in [0, 0.05) is 0 Å². The second-order valence-electron chi connectivity index (χ2n) is 2.50. The smallest absolute Gasteiger partial charge is 0.205 e. The zero-order valence-electron chi connectivity index (χ0n) is 6.33. The molecule has 0 aliphatic heterocycles. The molecule has 0 fully saturated rings. The van der Waals surface area contributed by atoms with Gasteiger partial charge in [-0.1, -0.05) is 12.1 Å². The Morgan fingerprint density at radius 1 is 1.23 bits per heavy atom. The van der Waals surface area contributed by atoms with Gasteiger partial charge >= 0.3 is 6.18 Å². The molecule has 0 saturated carbocycles. The van der Waals surface area contributed by atoms with E-state index in [1.807, 2.05) is 0 Å². The van der Waals surface area contributed by atoms with Crippen LogP contribution in [0.15, 0.2) is 22.7 Å². The van der Waals surface area contributed by atoms with E-state index in [0.717, 1.165) is 6.07 Å². The van der Waals surface area contributed by atoms with Crippen LogP contribution in [0.25, 0.3) is 0 Å². The molecule has 0 aromatic heterocycles. The van der Waals surface area contributed by atoms with E-state index >= 15 is 0 Å². The number of halogens is 5. The molecule has 0 radical (unpaired) electrons. The van der Waals surface area contributed by atoms with Crippen LogP contribution in [-0.2, 0) is 6.42 Å². The fourth-order valence-electron chi connectivity index (χ4n) is 0.901. The highest BCUT2D eigenvalue weighted by Gasteiger charge is 2.29. The molecule has 0 saturated heterocycles. The van der Waals surface area contributed by atoms with Gasteiger partial charge in [-0.05, 0) is 27.6 Å². The first kappa shape index (κ1) is 10.5. The molecule has 0 amide bonds. The van der Waals surface area contributed by atoms with Crippen molar-refractivity contribution in [1.82, 2.24) is 0 Å². The summed E-state index contributed by atoms with van der Waals surface area (Å²) in [4.78, 5) is 0. The average Bonchev–Trinajstić information content (AvgIpc) is 1.96. The van der Waals surface area contributed by atoms with Gasteiger partial charge in [-0.3, -0.25) is 0 Å². The van der Waals surface area contributed by atoms with Crippen LogP contribution in [-0.4, -0.2) is 6.18 Å². The van der Waals surface area contributed by atoms with E-state index in [-0.39, 0.29) is 10.0 Å². The van der Waals surface area contributed by atoms with E-state index in [4.69, 9.17) is 0 Å². The van der Waals surface area contributed by atoms with Crippen LogP contribution in [0.2, 0.25) is 0 Å². The zero-order valence-corrected chi connectivity index (χ0v) is 7.91. The molecule has 0 aliphatic rings. The van der Waals surface area contributed by atoms with Gasteiger partial charge in [0.15, 0.2) is 0 Å². The molecule has 5 heteroatoms. The van der Waals surface area contributed by atoms with Crippen LogP contribution < -0.4 is 0 Å². The van der Waals surface area contributed by atoms with Crippen molar-refractivity contribution >= 4 is 15.9 Å². The van der Waals surface area contributed by atoms with E-state index in [2.05, 4.69) is 15.9 Å². The third kappa shape index (κ3) is 2.99. The van der Waals surface area contributed by atoms with Crippen molar-refractivity contribution in [2.75, 3.05) is 0 Å². The molecular formula is C8H5BrF4. The molecule has 0 aliphatic carbocycles. The summed E-state index contributed by atoms with van der Waals surface area (Å²) in [5, 5.41) is 0. The first-order chi connectivity index (χ1) is 5.90. The van der Waals surface area contributed by atoms with E-state index in [0.29, 0.717) is 0 Å². The molecule has 0 spiro atoms. The van der Waals surface area contributed by atoms with E-state index < -0.39 is 18.4 Å². The first-order valence-electron chi connectivity index (χ1n) is 3.40. The zero-order chi connectivity index (χ0) is 10.1. The summed E-state index contributed by atoms with van der Waals surface area (Å²) in [6, 6.07) is 3.84. The van der Waals surface area contributed by atoms with Crippen molar-refractivity contribution in [3.05, 3.63) is 34.1 Å². The minimum Gasteiger partial charge on any atom is -0.205 e. The summed E-state index contributed by atoms with van der Waals surface area (Å²) in [6.07, 6.45) is -5.61. The van der Waals surface area contributed by atoms with E-state index in [1.54, 1.807) is 0 Å². The van der Waals surface area contributed by atoms with Crippen LogP contribution in [0.3, 0.4) is 0 Å². The molecule has 13 heavy (non-hydrogen) atoms. The Morgan fingerprint density at radius 3 is 2.38 bits per heavy atom. The number of hydrogen-bond acceptors (Lipinski definition) is 0. The summed E-state index contributed by atoms with van der Waals surface area (Å²) < 4.78 is 48.6. The highest BCUT2D eigenvalue weighted by molar-refractivity contribution is 9.10. The minimum atomic E-state index is -4.37. The monoisotopic (exact) mass is 256 g/mol. The number of benzene rings is 1. The molecule has 0 heterocycles. The van der Waals surface area contributed by atoms with Crippen LogP contribution >= 0.6 is 15.9 Å². The average molecular weight is 257 g/mol. The van der Waals surface area contributed by atoms with Gasteiger partial charge in [0.05, 0.1) is 10.9 Å². The van der Waals surface area contributed by atoms with Gasteiger partial charge in [0.2, 0.25) is 0 Å². The summed E-state index contributed by atoms with van der Waals surface area (Å²) in [5.41, 5.74) is -0.345. The molecule has 0 nitrogen and oxygen atoms in total. The molecule has 1 aromatic rings. The number of hydrogen-bond donors (Lipinski definition) is 0. The normalized spacial score (nSPS) is 11.8. The second kappa shape index (κ2) is 3.65. The van der Waals surface area contributed by atoms with Gasteiger partial charge in [-0.2, -0.15) is 13.2 Å². The molecule has 72 valence electrons. The molecule has 0 N–H and O–H groups in total. The third-order valence-electron chi connectivity index (χ3n) is 1.42. The lowest BCUT2D eigenvalue weighted by atomic mass is 10.1. The van der Waals surface area contributed by atoms with E-state index in [1.165, 1.54) is 12.1 Å². The lowest BCUT2D eigenvalue weighted by Gasteiger charge is -2.07. The Morgan fingerprint density at radius 2 is 1.85 bits per heavy atom. The maximum absolute atomic E-state index is 13.0. The standard InChI is InChI=1S/C8H5BrF4/c9-6-3-1-2-5(7(6)10)4-8(11,12)13/h1-3H,4H2. The lowest BCUT2D eigenvalue weighted by molar-refractivity contribution is -0.127. The van der Waals surface area contributed by atoms with Crippen LogP contribution in [0, 0.1) is 5.82 Å². The SMILES string of the molecule is Fc1c(Br)cccc1CC(F)(F)F. The second-order valence-corrected chi connectivity index (χ2v) is 3.36. The molecule has 1 aromatic carbocycles. The van der Waals surface area contributed by atoms with Crippen molar-refractivity contribution < 1.29 is 17.6 Å². The topological polar surface area (TPSA) is 0 Å². The van der Waals surface area contributed by atoms with Gasteiger partial charge in [0.25, 0.3) is 0 Å². The molecule has 0 atom stereocenters. The van der Waals surface area contributed by atoms with Crippen LogP contribution in [0.4, 0.5) is 17.6 Å². The maximum Gasteiger partial charge on any atom is 0.393 e.